The Morgan fingerprint density at radius 3 is 2.91 bits per heavy atom. The summed E-state index contributed by atoms with van der Waals surface area (Å²) in [6.45, 7) is 2.11. The largest absolute Gasteiger partial charge is 0.466 e. The molecule has 0 aliphatic heterocycles. The number of aromatic nitrogens is 1. The average molecular weight is 346 g/mol. The van der Waals surface area contributed by atoms with Crippen LogP contribution < -0.4 is 5.32 Å². The number of carbonyl (C=O) groups excluding carboxylic acids is 2. The van der Waals surface area contributed by atoms with Gasteiger partial charge in [0.05, 0.1) is 23.6 Å². The Morgan fingerprint density at radius 2 is 2.13 bits per heavy atom. The standard InChI is InChI=1S/C16H14N2O3S2/c1-2-21-14(19)8-11-9-22-16(17-11)18-15(20)13-7-10-5-3-4-6-12(10)23-13/h3-7,9H,2,8H2,1H3,(H,17,18,20). The van der Waals surface area contributed by atoms with Crippen LogP contribution in [0.15, 0.2) is 35.7 Å². The molecule has 0 atom stereocenters. The summed E-state index contributed by atoms with van der Waals surface area (Å²) in [7, 11) is 0. The fourth-order valence-corrected chi connectivity index (χ4v) is 3.72. The van der Waals surface area contributed by atoms with Crippen molar-refractivity contribution >= 4 is 49.8 Å². The molecule has 5 nitrogen and oxygen atoms in total. The number of anilines is 1. The van der Waals surface area contributed by atoms with Crippen molar-refractivity contribution in [3.63, 3.8) is 0 Å². The number of benzene rings is 1. The number of carbonyl (C=O) groups is 2. The van der Waals surface area contributed by atoms with Crippen LogP contribution in [0.25, 0.3) is 10.1 Å². The lowest BCUT2D eigenvalue weighted by Crippen LogP contribution is -2.11. The molecule has 1 amide bonds. The highest BCUT2D eigenvalue weighted by Gasteiger charge is 2.13. The third-order valence-corrected chi connectivity index (χ3v) is 4.97. The molecular weight excluding hydrogens is 332 g/mol. The van der Waals surface area contributed by atoms with Crippen LogP contribution in [0, 0.1) is 0 Å². The van der Waals surface area contributed by atoms with Gasteiger partial charge < -0.3 is 4.74 Å². The first-order valence-corrected chi connectivity index (χ1v) is 8.75. The van der Waals surface area contributed by atoms with Gasteiger partial charge in [-0.25, -0.2) is 4.98 Å². The van der Waals surface area contributed by atoms with Gasteiger partial charge in [0.15, 0.2) is 5.13 Å². The van der Waals surface area contributed by atoms with E-state index in [0.717, 1.165) is 10.1 Å². The van der Waals surface area contributed by atoms with E-state index in [-0.39, 0.29) is 18.3 Å². The summed E-state index contributed by atoms with van der Waals surface area (Å²) >= 11 is 2.73. The van der Waals surface area contributed by atoms with Crippen molar-refractivity contribution < 1.29 is 14.3 Å². The molecule has 0 radical (unpaired) electrons. The van der Waals surface area contributed by atoms with Crippen LogP contribution in [0.3, 0.4) is 0 Å². The van der Waals surface area contributed by atoms with Crippen molar-refractivity contribution in [2.24, 2.45) is 0 Å². The average Bonchev–Trinajstić information content (AvgIpc) is 3.14. The van der Waals surface area contributed by atoms with E-state index in [0.29, 0.717) is 22.3 Å². The summed E-state index contributed by atoms with van der Waals surface area (Å²) in [5, 5.41) is 6.04. The summed E-state index contributed by atoms with van der Waals surface area (Å²) in [4.78, 5) is 28.6. The molecular formula is C16H14N2O3S2. The Balaban J connectivity index is 1.68. The van der Waals surface area contributed by atoms with Gasteiger partial charge in [0.2, 0.25) is 0 Å². The number of rotatable bonds is 5. The van der Waals surface area contributed by atoms with Gasteiger partial charge in [-0.15, -0.1) is 22.7 Å². The first-order chi connectivity index (χ1) is 11.2. The van der Waals surface area contributed by atoms with Gasteiger partial charge >= 0.3 is 5.97 Å². The second kappa shape index (κ2) is 6.89. The molecule has 1 aromatic carbocycles. The first kappa shape index (κ1) is 15.6. The number of hydrogen-bond donors (Lipinski definition) is 1. The molecule has 0 bridgehead atoms. The third-order valence-electron chi connectivity index (χ3n) is 3.05. The molecule has 23 heavy (non-hydrogen) atoms. The summed E-state index contributed by atoms with van der Waals surface area (Å²) < 4.78 is 5.95. The lowest BCUT2D eigenvalue weighted by Gasteiger charge is -1.99. The van der Waals surface area contributed by atoms with Crippen molar-refractivity contribution in [3.8, 4) is 0 Å². The van der Waals surface area contributed by atoms with E-state index in [1.165, 1.54) is 22.7 Å². The van der Waals surface area contributed by atoms with Gasteiger partial charge in [-0.1, -0.05) is 18.2 Å². The van der Waals surface area contributed by atoms with Gasteiger partial charge in [-0.05, 0) is 24.4 Å². The quantitative estimate of drug-likeness (QED) is 0.715. The molecule has 2 heterocycles. The summed E-state index contributed by atoms with van der Waals surface area (Å²) in [5.74, 6) is -0.511. The molecule has 0 fully saturated rings. The maximum Gasteiger partial charge on any atom is 0.311 e. The zero-order chi connectivity index (χ0) is 16.2. The molecule has 0 saturated carbocycles. The van der Waals surface area contributed by atoms with Gasteiger partial charge in [0.1, 0.15) is 0 Å². The minimum absolute atomic E-state index is 0.114. The zero-order valence-corrected chi connectivity index (χ0v) is 14.0. The molecule has 0 aliphatic carbocycles. The number of nitrogens with one attached hydrogen (secondary N) is 1. The van der Waals surface area contributed by atoms with Gasteiger partial charge in [-0.3, -0.25) is 14.9 Å². The predicted molar refractivity (Wildman–Crippen MR) is 92.2 cm³/mol. The minimum atomic E-state index is -0.319. The van der Waals surface area contributed by atoms with Crippen LogP contribution in [0.2, 0.25) is 0 Å². The predicted octanol–water partition coefficient (Wildman–Crippen LogP) is 3.72. The maximum atomic E-state index is 12.3. The molecule has 0 unspecified atom stereocenters. The van der Waals surface area contributed by atoms with Gasteiger partial charge in [0.25, 0.3) is 5.91 Å². The second-order valence-electron chi connectivity index (χ2n) is 4.73. The van der Waals surface area contributed by atoms with Crippen LogP contribution in [0.5, 0.6) is 0 Å². The molecule has 0 aliphatic rings. The number of hydrogen-bond acceptors (Lipinski definition) is 6. The summed E-state index contributed by atoms with van der Waals surface area (Å²) in [6.07, 6.45) is 0.114. The molecule has 1 N–H and O–H groups in total. The molecule has 118 valence electrons. The lowest BCUT2D eigenvalue weighted by atomic mass is 10.2. The summed E-state index contributed by atoms with van der Waals surface area (Å²) in [6, 6.07) is 9.71. The van der Waals surface area contributed by atoms with E-state index in [2.05, 4.69) is 10.3 Å². The Hall–Kier alpha value is -2.25. The monoisotopic (exact) mass is 346 g/mol. The third kappa shape index (κ3) is 3.75. The number of amides is 1. The smallest absolute Gasteiger partial charge is 0.311 e. The Kier molecular flexibility index (Phi) is 4.68. The molecule has 3 aromatic rings. The van der Waals surface area contributed by atoms with Crippen LogP contribution >= 0.6 is 22.7 Å². The molecule has 3 rings (SSSR count). The summed E-state index contributed by atoms with van der Waals surface area (Å²) in [5.41, 5.74) is 0.597. The number of esters is 1. The highest BCUT2D eigenvalue weighted by Crippen LogP contribution is 2.26. The highest BCUT2D eigenvalue weighted by atomic mass is 32.1. The first-order valence-electron chi connectivity index (χ1n) is 7.05. The van der Waals surface area contributed by atoms with Crippen molar-refractivity contribution in [1.82, 2.24) is 4.98 Å². The van der Waals surface area contributed by atoms with Crippen LogP contribution in [0.1, 0.15) is 22.3 Å². The molecule has 0 saturated heterocycles. The highest BCUT2D eigenvalue weighted by molar-refractivity contribution is 7.21. The molecule has 2 aromatic heterocycles. The van der Waals surface area contributed by atoms with E-state index in [1.807, 2.05) is 30.3 Å². The molecule has 0 spiro atoms. The number of thiophene rings is 1. The minimum Gasteiger partial charge on any atom is -0.466 e. The number of ether oxygens (including phenoxy) is 1. The fraction of sp³-hybridized carbons (Fsp3) is 0.188. The van der Waals surface area contributed by atoms with E-state index in [1.54, 1.807) is 12.3 Å². The van der Waals surface area contributed by atoms with Gasteiger partial charge in [-0.2, -0.15) is 0 Å². The van der Waals surface area contributed by atoms with E-state index >= 15 is 0 Å². The van der Waals surface area contributed by atoms with Crippen molar-refractivity contribution in [1.29, 1.82) is 0 Å². The van der Waals surface area contributed by atoms with Crippen LogP contribution in [-0.2, 0) is 16.0 Å². The second-order valence-corrected chi connectivity index (χ2v) is 6.67. The molecule has 7 heteroatoms. The van der Waals surface area contributed by atoms with Crippen molar-refractivity contribution in [2.45, 2.75) is 13.3 Å². The number of thiazole rings is 1. The Labute approximate surface area is 140 Å². The van der Waals surface area contributed by atoms with E-state index in [4.69, 9.17) is 4.74 Å². The normalized spacial score (nSPS) is 10.7. The SMILES string of the molecule is CCOC(=O)Cc1csc(NC(=O)c2cc3ccccc3s2)n1. The van der Waals surface area contributed by atoms with Crippen molar-refractivity contribution in [3.05, 3.63) is 46.3 Å². The maximum absolute atomic E-state index is 12.3. The van der Waals surface area contributed by atoms with Crippen molar-refractivity contribution in [2.75, 3.05) is 11.9 Å². The van der Waals surface area contributed by atoms with E-state index < -0.39 is 0 Å². The Morgan fingerprint density at radius 1 is 1.30 bits per heavy atom. The van der Waals surface area contributed by atoms with E-state index in [9.17, 15) is 9.59 Å². The fourth-order valence-electron chi connectivity index (χ4n) is 2.06. The van der Waals surface area contributed by atoms with Gasteiger partial charge in [0, 0.05) is 10.1 Å². The zero-order valence-electron chi connectivity index (χ0n) is 12.4. The topological polar surface area (TPSA) is 68.3 Å². The Bertz CT molecular complexity index is 821. The van der Waals surface area contributed by atoms with Crippen LogP contribution in [0.4, 0.5) is 5.13 Å². The van der Waals surface area contributed by atoms with Crippen LogP contribution in [-0.4, -0.2) is 23.5 Å². The number of fused-ring (bicyclic) bond motifs is 1. The lowest BCUT2D eigenvalue weighted by molar-refractivity contribution is -0.142. The number of nitrogens with zero attached hydrogens (tertiary/aromatic N) is 1.